The second kappa shape index (κ2) is 3.83. The van der Waals surface area contributed by atoms with Crippen molar-refractivity contribution in [1.29, 1.82) is 0 Å². The Morgan fingerprint density at radius 2 is 1.78 bits per heavy atom. The maximum Gasteiger partial charge on any atom is 0.125 e. The molecule has 0 saturated heterocycles. The van der Waals surface area contributed by atoms with Gasteiger partial charge in [-0.2, -0.15) is 0 Å². The molecule has 4 bridgehead atoms. The molecule has 3 heteroatoms. The number of rotatable bonds is 2. The highest BCUT2D eigenvalue weighted by Crippen LogP contribution is 2.58. The van der Waals surface area contributed by atoms with Crippen molar-refractivity contribution >= 4 is 0 Å². The minimum atomic E-state index is 0.153. The molecule has 1 unspecified atom stereocenters. The van der Waals surface area contributed by atoms with Gasteiger partial charge in [0.05, 0.1) is 6.04 Å². The van der Waals surface area contributed by atoms with Crippen LogP contribution in [-0.2, 0) is 7.05 Å². The van der Waals surface area contributed by atoms with Crippen molar-refractivity contribution in [3.05, 3.63) is 18.2 Å². The van der Waals surface area contributed by atoms with E-state index in [0.717, 1.165) is 29.5 Å². The summed E-state index contributed by atoms with van der Waals surface area (Å²) < 4.78 is 2.11. The van der Waals surface area contributed by atoms with E-state index < -0.39 is 0 Å². The molecule has 0 spiro atoms. The van der Waals surface area contributed by atoms with E-state index in [1.54, 1.807) is 0 Å². The fourth-order valence-corrected chi connectivity index (χ4v) is 5.42. The van der Waals surface area contributed by atoms with Gasteiger partial charge in [0.25, 0.3) is 0 Å². The fraction of sp³-hybridized carbons (Fsp3) is 0.800. The topological polar surface area (TPSA) is 43.8 Å². The van der Waals surface area contributed by atoms with E-state index in [9.17, 15) is 0 Å². The quantitative estimate of drug-likeness (QED) is 0.870. The van der Waals surface area contributed by atoms with Crippen LogP contribution in [0.5, 0.6) is 0 Å². The van der Waals surface area contributed by atoms with Crippen LogP contribution in [0.25, 0.3) is 0 Å². The second-order valence-electron chi connectivity index (χ2n) is 6.93. The van der Waals surface area contributed by atoms with Crippen LogP contribution in [0.1, 0.15) is 44.0 Å². The number of aryl methyl sites for hydroxylation is 1. The molecule has 0 radical (unpaired) electrons. The molecule has 5 rings (SSSR count). The molecule has 0 aliphatic heterocycles. The third-order valence-electron chi connectivity index (χ3n) is 5.87. The molecule has 1 heterocycles. The molecule has 1 atom stereocenters. The average molecular weight is 245 g/mol. The minimum absolute atomic E-state index is 0.153. The number of aromatic nitrogens is 2. The third-order valence-corrected chi connectivity index (χ3v) is 5.87. The monoisotopic (exact) mass is 245 g/mol. The van der Waals surface area contributed by atoms with E-state index in [4.69, 9.17) is 5.73 Å². The van der Waals surface area contributed by atoms with Gasteiger partial charge in [-0.15, -0.1) is 0 Å². The van der Waals surface area contributed by atoms with E-state index in [1.165, 1.54) is 32.1 Å². The van der Waals surface area contributed by atoms with Crippen LogP contribution < -0.4 is 5.73 Å². The average Bonchev–Trinajstić information content (AvgIpc) is 2.73. The summed E-state index contributed by atoms with van der Waals surface area (Å²) in [6, 6.07) is 0.153. The lowest BCUT2D eigenvalue weighted by molar-refractivity contribution is -0.0485. The summed E-state index contributed by atoms with van der Waals surface area (Å²) in [5.41, 5.74) is 6.58. The van der Waals surface area contributed by atoms with E-state index in [0.29, 0.717) is 5.92 Å². The van der Waals surface area contributed by atoms with Gasteiger partial charge in [-0.1, -0.05) is 0 Å². The number of imidazole rings is 1. The molecule has 4 saturated carbocycles. The van der Waals surface area contributed by atoms with Gasteiger partial charge in [0.15, 0.2) is 0 Å². The molecule has 98 valence electrons. The number of nitrogens with two attached hydrogens (primary N) is 1. The fourth-order valence-electron chi connectivity index (χ4n) is 5.42. The first-order chi connectivity index (χ1) is 8.72. The number of hydrogen-bond donors (Lipinski definition) is 1. The van der Waals surface area contributed by atoms with Crippen LogP contribution in [0.2, 0.25) is 0 Å². The van der Waals surface area contributed by atoms with Crippen molar-refractivity contribution in [3.63, 3.8) is 0 Å². The van der Waals surface area contributed by atoms with Gasteiger partial charge in [0.2, 0.25) is 0 Å². The predicted octanol–water partition coefficient (Wildman–Crippen LogP) is 2.49. The lowest BCUT2D eigenvalue weighted by Gasteiger charge is -2.55. The first kappa shape index (κ1) is 11.0. The molecular weight excluding hydrogens is 222 g/mol. The zero-order valence-corrected chi connectivity index (χ0v) is 11.1. The first-order valence-electron chi connectivity index (χ1n) is 7.45. The van der Waals surface area contributed by atoms with E-state index >= 15 is 0 Å². The van der Waals surface area contributed by atoms with Crippen LogP contribution >= 0.6 is 0 Å². The molecule has 4 fully saturated rings. The maximum atomic E-state index is 6.58. The Kier molecular flexibility index (Phi) is 2.35. The molecule has 2 N–H and O–H groups in total. The smallest absolute Gasteiger partial charge is 0.125 e. The summed E-state index contributed by atoms with van der Waals surface area (Å²) in [6.45, 7) is 0. The van der Waals surface area contributed by atoms with Crippen molar-refractivity contribution < 1.29 is 0 Å². The van der Waals surface area contributed by atoms with Crippen molar-refractivity contribution in [3.8, 4) is 0 Å². The Morgan fingerprint density at radius 3 is 2.28 bits per heavy atom. The van der Waals surface area contributed by atoms with Gasteiger partial charge in [0.1, 0.15) is 5.82 Å². The first-order valence-corrected chi connectivity index (χ1v) is 7.45. The Balaban J connectivity index is 1.63. The van der Waals surface area contributed by atoms with E-state index in [-0.39, 0.29) is 6.04 Å². The zero-order chi connectivity index (χ0) is 12.3. The van der Waals surface area contributed by atoms with Crippen LogP contribution in [-0.4, -0.2) is 9.55 Å². The molecule has 0 aromatic carbocycles. The number of nitrogens with zero attached hydrogens (tertiary/aromatic N) is 2. The summed E-state index contributed by atoms with van der Waals surface area (Å²) in [5.74, 6) is 5.60. The van der Waals surface area contributed by atoms with Gasteiger partial charge in [-0.05, 0) is 61.7 Å². The van der Waals surface area contributed by atoms with Crippen LogP contribution in [0.15, 0.2) is 12.4 Å². The van der Waals surface area contributed by atoms with E-state index in [1.807, 2.05) is 12.4 Å². The van der Waals surface area contributed by atoms with Gasteiger partial charge in [-0.3, -0.25) is 0 Å². The minimum Gasteiger partial charge on any atom is -0.337 e. The van der Waals surface area contributed by atoms with Crippen molar-refractivity contribution in [1.82, 2.24) is 9.55 Å². The molecule has 1 aromatic rings. The summed E-state index contributed by atoms with van der Waals surface area (Å²) in [4.78, 5) is 4.49. The lowest BCUT2D eigenvalue weighted by atomic mass is 9.50. The predicted molar refractivity (Wildman–Crippen MR) is 70.7 cm³/mol. The van der Waals surface area contributed by atoms with Crippen molar-refractivity contribution in [2.24, 2.45) is 42.4 Å². The third kappa shape index (κ3) is 1.49. The molecule has 1 aromatic heterocycles. The summed E-state index contributed by atoms with van der Waals surface area (Å²) in [5, 5.41) is 0. The Labute approximate surface area is 109 Å². The summed E-state index contributed by atoms with van der Waals surface area (Å²) >= 11 is 0. The Bertz CT molecular complexity index is 422. The maximum absolute atomic E-state index is 6.58. The van der Waals surface area contributed by atoms with E-state index in [2.05, 4.69) is 16.6 Å². The van der Waals surface area contributed by atoms with Gasteiger partial charge >= 0.3 is 0 Å². The molecule has 0 amide bonds. The molecule has 18 heavy (non-hydrogen) atoms. The SMILES string of the molecule is Cn1ccnc1C(N)C1C2CC3CC(C2)CC1C3. The highest BCUT2D eigenvalue weighted by atomic mass is 15.1. The Hall–Kier alpha value is -0.830. The molecule has 3 nitrogen and oxygen atoms in total. The number of hydrogen-bond acceptors (Lipinski definition) is 2. The highest BCUT2D eigenvalue weighted by molar-refractivity contribution is 5.07. The van der Waals surface area contributed by atoms with Gasteiger partial charge < -0.3 is 10.3 Å². The zero-order valence-electron chi connectivity index (χ0n) is 11.1. The second-order valence-corrected chi connectivity index (χ2v) is 6.93. The Morgan fingerprint density at radius 1 is 1.17 bits per heavy atom. The van der Waals surface area contributed by atoms with Crippen molar-refractivity contribution in [2.75, 3.05) is 0 Å². The standard InChI is InChI=1S/C15H23N3/c1-18-3-2-17-15(18)14(16)13-11-5-9-4-10(7-11)8-12(13)6-9/h2-3,9-14H,4-8,16H2,1H3. The van der Waals surface area contributed by atoms with Gasteiger partial charge in [-0.25, -0.2) is 4.98 Å². The summed E-state index contributed by atoms with van der Waals surface area (Å²) in [6.07, 6.45) is 11.2. The van der Waals surface area contributed by atoms with Crippen LogP contribution in [0.4, 0.5) is 0 Å². The molecule has 4 aliphatic rings. The van der Waals surface area contributed by atoms with Crippen molar-refractivity contribution in [2.45, 2.75) is 38.1 Å². The van der Waals surface area contributed by atoms with Gasteiger partial charge in [0, 0.05) is 19.4 Å². The molecule has 4 aliphatic carbocycles. The normalized spacial score (nSPS) is 43.3. The summed E-state index contributed by atoms with van der Waals surface area (Å²) in [7, 11) is 2.07. The van der Waals surface area contributed by atoms with Crippen LogP contribution in [0, 0.1) is 29.6 Å². The lowest BCUT2D eigenvalue weighted by Crippen LogP contribution is -2.49. The highest BCUT2D eigenvalue weighted by Gasteiger charge is 2.50. The van der Waals surface area contributed by atoms with Crippen LogP contribution in [0.3, 0.4) is 0 Å². The largest absolute Gasteiger partial charge is 0.337 e. The molecular formula is C15H23N3.